The highest BCUT2D eigenvalue weighted by molar-refractivity contribution is 5.91. The largest absolute Gasteiger partial charge is 0.507 e. The van der Waals surface area contributed by atoms with Gasteiger partial charge in [-0.3, -0.25) is 4.79 Å². The number of benzene rings is 2. The number of aromatic hydroxyl groups is 1. The molecule has 0 bridgehead atoms. The first-order chi connectivity index (χ1) is 15.0. The van der Waals surface area contributed by atoms with Crippen LogP contribution >= 0.6 is 0 Å². The third kappa shape index (κ3) is 4.94. The highest BCUT2D eigenvalue weighted by Gasteiger charge is 2.30. The molecule has 1 aliphatic rings. The lowest BCUT2D eigenvalue weighted by molar-refractivity contribution is -0.115. The Balaban J connectivity index is 1.54. The molecule has 160 valence electrons. The lowest BCUT2D eigenvalue weighted by Gasteiger charge is -2.08. The van der Waals surface area contributed by atoms with Crippen LogP contribution in [0.1, 0.15) is 43.4 Å². The van der Waals surface area contributed by atoms with Crippen molar-refractivity contribution in [3.05, 3.63) is 65.9 Å². The van der Waals surface area contributed by atoms with E-state index in [9.17, 15) is 14.7 Å². The minimum absolute atomic E-state index is 0.0472. The Morgan fingerprint density at radius 3 is 2.61 bits per heavy atom. The van der Waals surface area contributed by atoms with Crippen molar-refractivity contribution in [1.82, 2.24) is 15.1 Å². The predicted octanol–water partition coefficient (Wildman–Crippen LogP) is 4.28. The van der Waals surface area contributed by atoms with E-state index >= 15 is 0 Å². The molecule has 4 rings (SSSR count). The van der Waals surface area contributed by atoms with Crippen LogP contribution in [0.15, 0.2) is 54.6 Å². The number of hydrogen-bond acceptors (Lipinski definition) is 4. The second-order valence-electron chi connectivity index (χ2n) is 7.74. The summed E-state index contributed by atoms with van der Waals surface area (Å²) in [6.07, 6.45) is 3.13. The van der Waals surface area contributed by atoms with E-state index in [4.69, 9.17) is 0 Å². The molecular weight excluding hydrogens is 392 g/mol. The summed E-state index contributed by atoms with van der Waals surface area (Å²) in [4.78, 5) is 24.6. The molecule has 0 aliphatic heterocycles. The molecule has 1 heterocycles. The zero-order valence-electron chi connectivity index (χ0n) is 17.5. The molecule has 1 fully saturated rings. The van der Waals surface area contributed by atoms with Crippen LogP contribution in [0.4, 0.5) is 10.5 Å². The van der Waals surface area contributed by atoms with E-state index in [0.29, 0.717) is 35.8 Å². The summed E-state index contributed by atoms with van der Waals surface area (Å²) in [5.74, 6) is 0.232. The van der Waals surface area contributed by atoms with Crippen LogP contribution in [0, 0.1) is 0 Å². The molecule has 0 radical (unpaired) electrons. The number of phenolic OH excluding ortho intramolecular Hbond substituents is 1. The summed E-state index contributed by atoms with van der Waals surface area (Å²) in [5.41, 5.74) is 3.56. The highest BCUT2D eigenvalue weighted by atomic mass is 16.3. The van der Waals surface area contributed by atoms with Gasteiger partial charge >= 0.3 is 6.03 Å². The number of hydrogen-bond donors (Lipinski definition) is 3. The number of amides is 2. The van der Waals surface area contributed by atoms with Crippen molar-refractivity contribution in [2.45, 2.75) is 38.5 Å². The summed E-state index contributed by atoms with van der Waals surface area (Å²) >= 11 is 0. The second-order valence-corrected chi connectivity index (χ2v) is 7.74. The normalized spacial score (nSPS) is 13.1. The summed E-state index contributed by atoms with van der Waals surface area (Å²) in [7, 11) is 0. The van der Waals surface area contributed by atoms with Crippen molar-refractivity contribution >= 4 is 17.6 Å². The van der Waals surface area contributed by atoms with Gasteiger partial charge in [-0.1, -0.05) is 37.3 Å². The standard InChI is InChI=1S/C24H26N4O3/c1-2-23(30)26-18-10-11-22(29)19(14-18)20-15-21(17-8-9-17)28(27-20)24(31)25-13-12-16-6-4-3-5-7-16/h3-7,10-11,14-15,17,29H,2,8-9,12-13H2,1H3,(H,25,31)(H,26,30). The van der Waals surface area contributed by atoms with Crippen LogP contribution in [0.5, 0.6) is 5.75 Å². The van der Waals surface area contributed by atoms with E-state index in [2.05, 4.69) is 15.7 Å². The van der Waals surface area contributed by atoms with Crippen molar-refractivity contribution in [3.63, 3.8) is 0 Å². The van der Waals surface area contributed by atoms with Crippen LogP contribution in [-0.4, -0.2) is 33.4 Å². The Morgan fingerprint density at radius 1 is 1.13 bits per heavy atom. The van der Waals surface area contributed by atoms with Gasteiger partial charge in [-0.05, 0) is 49.1 Å². The molecule has 31 heavy (non-hydrogen) atoms. The van der Waals surface area contributed by atoms with E-state index in [0.717, 1.165) is 30.5 Å². The summed E-state index contributed by atoms with van der Waals surface area (Å²) in [6.45, 7) is 2.28. The first kappa shape index (κ1) is 20.7. The summed E-state index contributed by atoms with van der Waals surface area (Å²) in [6, 6.07) is 16.4. The minimum Gasteiger partial charge on any atom is -0.507 e. The molecule has 3 N–H and O–H groups in total. The zero-order chi connectivity index (χ0) is 21.8. The molecule has 1 aliphatic carbocycles. The Morgan fingerprint density at radius 2 is 1.90 bits per heavy atom. The Labute approximate surface area is 181 Å². The zero-order valence-corrected chi connectivity index (χ0v) is 17.5. The molecule has 7 heteroatoms. The maximum Gasteiger partial charge on any atom is 0.342 e. The first-order valence-corrected chi connectivity index (χ1v) is 10.6. The number of anilines is 1. The number of nitrogens with one attached hydrogen (secondary N) is 2. The van der Waals surface area contributed by atoms with Crippen LogP contribution in [0.25, 0.3) is 11.3 Å². The van der Waals surface area contributed by atoms with Crippen molar-refractivity contribution in [3.8, 4) is 17.0 Å². The van der Waals surface area contributed by atoms with Crippen molar-refractivity contribution < 1.29 is 14.7 Å². The van der Waals surface area contributed by atoms with Crippen LogP contribution in [0.2, 0.25) is 0 Å². The first-order valence-electron chi connectivity index (χ1n) is 10.6. The van der Waals surface area contributed by atoms with Crippen LogP contribution in [-0.2, 0) is 11.2 Å². The van der Waals surface area contributed by atoms with Crippen molar-refractivity contribution in [2.24, 2.45) is 0 Å². The highest BCUT2D eigenvalue weighted by Crippen LogP contribution is 2.42. The summed E-state index contributed by atoms with van der Waals surface area (Å²) in [5, 5.41) is 20.6. The molecular formula is C24H26N4O3. The smallest absolute Gasteiger partial charge is 0.342 e. The van der Waals surface area contributed by atoms with Crippen molar-refractivity contribution in [1.29, 1.82) is 0 Å². The van der Waals surface area contributed by atoms with Gasteiger partial charge in [0, 0.05) is 30.1 Å². The second kappa shape index (κ2) is 9.04. The van der Waals surface area contributed by atoms with Gasteiger partial charge in [0.05, 0.1) is 11.4 Å². The number of carbonyl (C=O) groups excluding carboxylic acids is 2. The predicted molar refractivity (Wildman–Crippen MR) is 119 cm³/mol. The molecule has 0 spiro atoms. The quantitative estimate of drug-likeness (QED) is 0.499. The number of carbonyl (C=O) groups is 2. The van der Waals surface area contributed by atoms with Gasteiger partial charge in [0.2, 0.25) is 5.91 Å². The Hall–Kier alpha value is -3.61. The van der Waals surface area contributed by atoms with Gasteiger partial charge in [0.25, 0.3) is 0 Å². The van der Waals surface area contributed by atoms with E-state index in [1.165, 1.54) is 10.7 Å². The van der Waals surface area contributed by atoms with Gasteiger partial charge in [-0.25, -0.2) is 4.79 Å². The Kier molecular flexibility index (Phi) is 6.02. The monoisotopic (exact) mass is 418 g/mol. The van der Waals surface area contributed by atoms with Gasteiger partial charge in [0.1, 0.15) is 5.75 Å². The van der Waals surface area contributed by atoms with Gasteiger partial charge < -0.3 is 15.7 Å². The fraction of sp³-hybridized carbons (Fsp3) is 0.292. The molecule has 0 saturated heterocycles. The number of rotatable bonds is 7. The molecule has 0 atom stereocenters. The van der Waals surface area contributed by atoms with Gasteiger partial charge in [-0.2, -0.15) is 9.78 Å². The van der Waals surface area contributed by atoms with Gasteiger partial charge in [0.15, 0.2) is 0 Å². The topological polar surface area (TPSA) is 96.2 Å². The molecule has 1 aromatic heterocycles. The minimum atomic E-state index is -0.279. The average Bonchev–Trinajstić information content (AvgIpc) is 3.54. The molecule has 3 aromatic rings. The fourth-order valence-electron chi connectivity index (χ4n) is 3.46. The molecule has 2 aromatic carbocycles. The maximum absolute atomic E-state index is 12.8. The lowest BCUT2D eigenvalue weighted by Crippen LogP contribution is -2.32. The number of nitrogens with zero attached hydrogens (tertiary/aromatic N) is 2. The summed E-state index contributed by atoms with van der Waals surface area (Å²) < 4.78 is 1.41. The lowest BCUT2D eigenvalue weighted by atomic mass is 10.1. The van der Waals surface area contributed by atoms with E-state index in [1.54, 1.807) is 19.1 Å². The average molecular weight is 418 g/mol. The van der Waals surface area contributed by atoms with E-state index in [-0.39, 0.29) is 17.7 Å². The van der Waals surface area contributed by atoms with E-state index in [1.807, 2.05) is 36.4 Å². The van der Waals surface area contributed by atoms with E-state index < -0.39 is 0 Å². The maximum atomic E-state index is 12.8. The molecule has 0 unspecified atom stereocenters. The van der Waals surface area contributed by atoms with Crippen molar-refractivity contribution in [2.75, 3.05) is 11.9 Å². The molecule has 7 nitrogen and oxygen atoms in total. The fourth-order valence-corrected chi connectivity index (χ4v) is 3.46. The number of aromatic nitrogens is 2. The third-order valence-electron chi connectivity index (χ3n) is 5.34. The van der Waals surface area contributed by atoms with Crippen LogP contribution < -0.4 is 10.6 Å². The van der Waals surface area contributed by atoms with Crippen LogP contribution in [0.3, 0.4) is 0 Å². The SMILES string of the molecule is CCC(=O)Nc1ccc(O)c(-c2cc(C3CC3)n(C(=O)NCCc3ccccc3)n2)c1. The molecule has 1 saturated carbocycles. The molecule has 2 amide bonds. The van der Waals surface area contributed by atoms with Gasteiger partial charge in [-0.15, -0.1) is 0 Å². The third-order valence-corrected chi connectivity index (χ3v) is 5.34. The number of phenols is 1. The Bertz CT molecular complexity index is 1090.